The molecular weight excluding hydrogens is 457 g/mol. The number of esters is 2. The predicted molar refractivity (Wildman–Crippen MR) is 127 cm³/mol. The van der Waals surface area contributed by atoms with Crippen LogP contribution in [0.25, 0.3) is 0 Å². The van der Waals surface area contributed by atoms with E-state index in [2.05, 4.69) is 58.9 Å². The molecule has 0 aromatic heterocycles. The van der Waals surface area contributed by atoms with Crippen molar-refractivity contribution in [3.63, 3.8) is 0 Å². The quantitative estimate of drug-likeness (QED) is 0.155. The van der Waals surface area contributed by atoms with E-state index in [0.717, 1.165) is 12.2 Å². The van der Waals surface area contributed by atoms with E-state index in [1.54, 1.807) is 0 Å². The Balaban J connectivity index is 5.14. The van der Waals surface area contributed by atoms with Crippen molar-refractivity contribution in [1.29, 1.82) is 0 Å². The van der Waals surface area contributed by atoms with Crippen LogP contribution in [0.5, 0.6) is 0 Å². The molecule has 0 rings (SSSR count). The first-order valence-corrected chi connectivity index (χ1v) is 22.2. The van der Waals surface area contributed by atoms with Crippen LogP contribution in [0, 0.1) is 0 Å². The van der Waals surface area contributed by atoms with Crippen molar-refractivity contribution in [1.82, 2.24) is 0 Å². The molecule has 0 radical (unpaired) electrons. The van der Waals surface area contributed by atoms with Crippen molar-refractivity contribution in [2.45, 2.75) is 65.0 Å². The van der Waals surface area contributed by atoms with Crippen molar-refractivity contribution in [3.8, 4) is 0 Å². The van der Waals surface area contributed by atoms with Gasteiger partial charge in [0.2, 0.25) is 0 Å². The third kappa shape index (κ3) is 16.1. The fourth-order valence-electron chi connectivity index (χ4n) is 2.35. The SMILES string of the molecule is COCCOC(=O)/C=C/C(=O)OCC[Si](O[Si](C)(C)C)(O[Si](C)(C)C)O[Si](C)(C)C. The Hall–Kier alpha value is -0.612. The highest BCUT2D eigenvalue weighted by Crippen LogP contribution is 2.28. The van der Waals surface area contributed by atoms with Gasteiger partial charge in [-0.25, -0.2) is 9.59 Å². The van der Waals surface area contributed by atoms with Gasteiger partial charge in [-0.2, -0.15) is 0 Å². The molecule has 0 saturated carbocycles. The average molecular weight is 497 g/mol. The first-order valence-electron chi connectivity index (χ1n) is 10.1. The zero-order valence-corrected chi connectivity index (χ0v) is 24.2. The summed E-state index contributed by atoms with van der Waals surface area (Å²) in [5.41, 5.74) is 0. The smallest absolute Gasteiger partial charge is 0.463 e. The normalized spacial score (nSPS) is 13.5. The Morgan fingerprint density at radius 2 is 1.00 bits per heavy atom. The van der Waals surface area contributed by atoms with Crippen LogP contribution in [0.3, 0.4) is 0 Å². The number of carbonyl (C=O) groups is 2. The number of hydrogen-bond acceptors (Lipinski definition) is 8. The van der Waals surface area contributed by atoms with Gasteiger partial charge < -0.3 is 26.6 Å². The minimum absolute atomic E-state index is 0.0908. The maximum Gasteiger partial charge on any atom is 0.473 e. The highest BCUT2D eigenvalue weighted by molar-refractivity contribution is 6.90. The summed E-state index contributed by atoms with van der Waals surface area (Å²) in [5, 5.41) is 0. The summed E-state index contributed by atoms with van der Waals surface area (Å²) in [7, 11) is -7.50. The third-order valence-corrected chi connectivity index (χ3v) is 14.8. The second-order valence-corrected chi connectivity index (χ2v) is 26.7. The molecule has 8 nitrogen and oxygen atoms in total. The Labute approximate surface area is 186 Å². The molecule has 0 aliphatic rings. The maximum atomic E-state index is 12.0. The van der Waals surface area contributed by atoms with Crippen molar-refractivity contribution in [3.05, 3.63) is 12.2 Å². The van der Waals surface area contributed by atoms with Crippen molar-refractivity contribution >= 4 is 45.7 Å². The molecule has 12 heteroatoms. The molecule has 176 valence electrons. The van der Waals surface area contributed by atoms with Gasteiger partial charge in [-0.3, -0.25) is 0 Å². The predicted octanol–water partition coefficient (Wildman–Crippen LogP) is 3.77. The molecule has 0 spiro atoms. The lowest BCUT2D eigenvalue weighted by Gasteiger charge is -2.42. The van der Waals surface area contributed by atoms with Crippen molar-refractivity contribution in [2.24, 2.45) is 0 Å². The summed E-state index contributed by atoms with van der Waals surface area (Å²) in [6.07, 6.45) is 2.09. The second kappa shape index (κ2) is 12.4. The topological polar surface area (TPSA) is 89.5 Å². The Morgan fingerprint density at radius 3 is 1.33 bits per heavy atom. The van der Waals surface area contributed by atoms with E-state index in [9.17, 15) is 9.59 Å². The van der Waals surface area contributed by atoms with E-state index in [4.69, 9.17) is 26.6 Å². The van der Waals surface area contributed by atoms with Gasteiger partial charge >= 0.3 is 20.7 Å². The summed E-state index contributed by atoms with van der Waals surface area (Å²) in [6.45, 7) is 19.4. The average Bonchev–Trinajstić information content (AvgIpc) is 2.47. The number of rotatable bonds is 14. The second-order valence-electron chi connectivity index (χ2n) is 9.74. The Kier molecular flexibility index (Phi) is 12.2. The van der Waals surface area contributed by atoms with Crippen LogP contribution in [0.2, 0.25) is 65.0 Å². The van der Waals surface area contributed by atoms with E-state index in [1.165, 1.54) is 7.11 Å². The molecular formula is C18H40O8Si4. The number of methoxy groups -OCH3 is 1. The maximum absolute atomic E-state index is 12.0. The molecule has 0 heterocycles. The van der Waals surface area contributed by atoms with Gasteiger partial charge in [-0.15, -0.1) is 0 Å². The summed E-state index contributed by atoms with van der Waals surface area (Å²) >= 11 is 0. The Bertz CT molecular complexity index is 535. The van der Waals surface area contributed by atoms with Gasteiger partial charge in [0.1, 0.15) is 6.61 Å². The molecule has 0 bridgehead atoms. The first-order chi connectivity index (χ1) is 13.5. The summed E-state index contributed by atoms with van der Waals surface area (Å²) in [4.78, 5) is 23.5. The van der Waals surface area contributed by atoms with E-state index >= 15 is 0 Å². The van der Waals surface area contributed by atoms with E-state index < -0.39 is 45.7 Å². The van der Waals surface area contributed by atoms with Gasteiger partial charge in [0, 0.05) is 25.3 Å². The minimum Gasteiger partial charge on any atom is -0.463 e. The van der Waals surface area contributed by atoms with Gasteiger partial charge in [-0.05, 0) is 58.9 Å². The van der Waals surface area contributed by atoms with Crippen molar-refractivity contribution < 1.29 is 36.1 Å². The highest BCUT2D eigenvalue weighted by Gasteiger charge is 2.50. The number of carbonyl (C=O) groups excluding carboxylic acids is 2. The van der Waals surface area contributed by atoms with Crippen LogP contribution in [-0.4, -0.2) is 72.6 Å². The van der Waals surface area contributed by atoms with Crippen LogP contribution in [0.15, 0.2) is 12.2 Å². The van der Waals surface area contributed by atoms with Crippen molar-refractivity contribution in [2.75, 3.05) is 26.9 Å². The zero-order chi connectivity index (χ0) is 23.6. The minimum atomic E-state index is -3.06. The Morgan fingerprint density at radius 1 is 0.633 bits per heavy atom. The monoisotopic (exact) mass is 496 g/mol. The molecule has 0 aromatic rings. The van der Waals surface area contributed by atoms with Gasteiger partial charge in [-0.1, -0.05) is 0 Å². The molecule has 0 atom stereocenters. The van der Waals surface area contributed by atoms with Gasteiger partial charge in [0.15, 0.2) is 25.0 Å². The summed E-state index contributed by atoms with van der Waals surface area (Å²) < 4.78 is 34.5. The van der Waals surface area contributed by atoms with Crippen LogP contribution in [-0.2, 0) is 36.1 Å². The standard InChI is InChI=1S/C18H40O8Si4/c1-21-13-14-22-17(19)11-12-18(20)23-15-16-30(24-27(2,3)4,25-28(5,6)7)26-29(8,9)10/h11-12H,13-16H2,1-10H3/b12-11+. The fourth-order valence-corrected chi connectivity index (χ4v) is 16.7. The molecule has 0 amide bonds. The summed E-state index contributed by atoms with van der Waals surface area (Å²) in [5.74, 6) is -1.26. The van der Waals surface area contributed by atoms with Crippen LogP contribution in [0.1, 0.15) is 0 Å². The molecule has 0 fully saturated rings. The molecule has 0 saturated heterocycles. The lowest BCUT2D eigenvalue weighted by Crippen LogP contribution is -2.60. The molecule has 0 unspecified atom stereocenters. The van der Waals surface area contributed by atoms with Crippen LogP contribution >= 0.6 is 0 Å². The van der Waals surface area contributed by atoms with Crippen LogP contribution in [0.4, 0.5) is 0 Å². The summed E-state index contributed by atoms with van der Waals surface area (Å²) in [6, 6.07) is 0.379. The lowest BCUT2D eigenvalue weighted by atomic mass is 10.5. The van der Waals surface area contributed by atoms with Gasteiger partial charge in [0.25, 0.3) is 0 Å². The van der Waals surface area contributed by atoms with Gasteiger partial charge in [0.05, 0.1) is 13.2 Å². The zero-order valence-electron chi connectivity index (χ0n) is 20.2. The molecule has 0 aromatic carbocycles. The molecule has 0 N–H and O–H groups in total. The lowest BCUT2D eigenvalue weighted by molar-refractivity contribution is -0.141. The molecule has 0 aliphatic carbocycles. The number of hydrogen-bond donors (Lipinski definition) is 0. The molecule has 0 aliphatic heterocycles. The number of ether oxygens (including phenoxy) is 3. The van der Waals surface area contributed by atoms with E-state index in [1.807, 2.05) is 0 Å². The first kappa shape index (κ1) is 29.4. The molecule has 30 heavy (non-hydrogen) atoms. The fraction of sp³-hybridized carbons (Fsp3) is 0.778. The third-order valence-electron chi connectivity index (χ3n) is 2.92. The van der Waals surface area contributed by atoms with E-state index in [0.29, 0.717) is 12.7 Å². The van der Waals surface area contributed by atoms with Crippen LogP contribution < -0.4 is 0 Å². The largest absolute Gasteiger partial charge is 0.473 e. The highest BCUT2D eigenvalue weighted by atomic mass is 28.5. The van der Waals surface area contributed by atoms with E-state index in [-0.39, 0.29) is 13.2 Å².